The van der Waals surface area contributed by atoms with Crippen molar-refractivity contribution >= 4 is 39.3 Å². The van der Waals surface area contributed by atoms with E-state index in [1.807, 2.05) is 35.1 Å². The Morgan fingerprint density at radius 2 is 1.89 bits per heavy atom. The fraction of sp³-hybridized carbons (Fsp3) is 0.600. The van der Waals surface area contributed by atoms with Crippen molar-refractivity contribution in [1.82, 2.24) is 19.2 Å². The highest BCUT2D eigenvalue weighted by Crippen LogP contribution is 2.43. The number of carbonyl (C=O) groups is 2. The molecule has 13 nitrogen and oxygen atoms in total. The van der Waals surface area contributed by atoms with Gasteiger partial charge in [-0.25, -0.2) is 13.5 Å². The van der Waals surface area contributed by atoms with Crippen LogP contribution in [0.4, 0.5) is 14.5 Å². The number of benzene rings is 2. The van der Waals surface area contributed by atoms with E-state index in [0.29, 0.717) is 49.1 Å². The summed E-state index contributed by atoms with van der Waals surface area (Å²) in [5.74, 6) is -3.74. The first-order valence-corrected chi connectivity index (χ1v) is 21.5. The van der Waals surface area contributed by atoms with Crippen LogP contribution in [0.25, 0.3) is 0 Å². The van der Waals surface area contributed by atoms with Crippen molar-refractivity contribution < 1.29 is 46.1 Å². The largest absolute Gasteiger partial charge is 0.487 e. The third kappa shape index (κ3) is 11.0. The van der Waals surface area contributed by atoms with Crippen LogP contribution in [0.1, 0.15) is 55.2 Å². The van der Waals surface area contributed by atoms with Gasteiger partial charge in [-0.1, -0.05) is 35.9 Å². The number of alkyl halides is 2. The first kappa shape index (κ1) is 43.2. The zero-order chi connectivity index (χ0) is 40.8. The van der Waals surface area contributed by atoms with Crippen LogP contribution in [0.2, 0.25) is 5.02 Å². The second kappa shape index (κ2) is 18.7. The number of hydrogen-bond donors (Lipinski definition) is 3. The maximum Gasteiger partial charge on any atom is 0.301 e. The average molecular weight is 838 g/mol. The number of likely N-dealkylation sites (tertiary alicyclic amines) is 1. The molecule has 3 aliphatic heterocycles. The van der Waals surface area contributed by atoms with E-state index in [4.69, 9.17) is 25.8 Å². The number of halogens is 3. The first-order chi connectivity index (χ1) is 27.2. The molecular formula is C40H54ClF2N5O8S. The number of carbonyl (C=O) groups excluding carboxylic acids is 2. The van der Waals surface area contributed by atoms with Gasteiger partial charge >= 0.3 is 10.2 Å². The first-order valence-electron chi connectivity index (χ1n) is 19.6. The van der Waals surface area contributed by atoms with Gasteiger partial charge in [0.25, 0.3) is 11.8 Å². The van der Waals surface area contributed by atoms with Gasteiger partial charge in [-0.05, 0) is 91.3 Å². The summed E-state index contributed by atoms with van der Waals surface area (Å²) in [6.07, 6.45) is 7.61. The van der Waals surface area contributed by atoms with Crippen LogP contribution >= 0.6 is 11.6 Å². The van der Waals surface area contributed by atoms with E-state index in [2.05, 4.69) is 9.62 Å². The molecule has 3 N–H and O–H groups in total. The Bertz CT molecular complexity index is 1880. The molecule has 0 spiro atoms. The number of methoxy groups -OCH3 is 1. The zero-order valence-corrected chi connectivity index (χ0v) is 34.1. The van der Waals surface area contributed by atoms with Gasteiger partial charge in [-0.2, -0.15) is 13.1 Å². The maximum atomic E-state index is 14.0. The Morgan fingerprint density at radius 3 is 2.63 bits per heavy atom. The third-order valence-electron chi connectivity index (χ3n) is 11.4. The van der Waals surface area contributed by atoms with E-state index in [1.54, 1.807) is 24.1 Å². The van der Waals surface area contributed by atoms with Crippen molar-refractivity contribution in [2.75, 3.05) is 78.1 Å². The van der Waals surface area contributed by atoms with E-state index >= 15 is 0 Å². The maximum absolute atomic E-state index is 14.0. The van der Waals surface area contributed by atoms with Gasteiger partial charge in [0.1, 0.15) is 12.4 Å². The predicted octanol–water partition coefficient (Wildman–Crippen LogP) is 4.02. The highest BCUT2D eigenvalue weighted by molar-refractivity contribution is 7.88. The monoisotopic (exact) mass is 837 g/mol. The number of aryl methyl sites for hydroxylation is 1. The summed E-state index contributed by atoms with van der Waals surface area (Å²) in [6.45, 7) is 1.74. The molecule has 2 fully saturated rings. The summed E-state index contributed by atoms with van der Waals surface area (Å²) in [4.78, 5) is 33.0. The average Bonchev–Trinajstić information content (AvgIpc) is 3.16. The quantitative estimate of drug-likeness (QED) is 0.237. The van der Waals surface area contributed by atoms with E-state index in [-0.39, 0.29) is 62.9 Å². The van der Waals surface area contributed by atoms with Gasteiger partial charge in [-0.3, -0.25) is 14.5 Å². The molecule has 57 heavy (non-hydrogen) atoms. The molecular weight excluding hydrogens is 784 g/mol. The summed E-state index contributed by atoms with van der Waals surface area (Å²) in [6, 6.07) is 10.5. The lowest BCUT2D eigenvalue weighted by molar-refractivity contribution is -0.148. The van der Waals surface area contributed by atoms with Gasteiger partial charge in [0.2, 0.25) is 5.91 Å². The fourth-order valence-corrected chi connectivity index (χ4v) is 8.98. The molecule has 2 aromatic carbocycles. The van der Waals surface area contributed by atoms with E-state index in [0.717, 1.165) is 43.2 Å². The Balaban J connectivity index is 1.36. The smallest absolute Gasteiger partial charge is 0.301 e. The summed E-state index contributed by atoms with van der Waals surface area (Å²) < 4.78 is 74.8. The van der Waals surface area contributed by atoms with Crippen molar-refractivity contribution in [3.05, 3.63) is 70.3 Å². The minimum atomic E-state index is -4.44. The summed E-state index contributed by atoms with van der Waals surface area (Å²) >= 11 is 6.38. The molecule has 1 saturated carbocycles. The van der Waals surface area contributed by atoms with E-state index in [9.17, 15) is 31.9 Å². The van der Waals surface area contributed by atoms with Crippen LogP contribution in [0, 0.1) is 11.8 Å². The Hall–Kier alpha value is -3.38. The molecule has 314 valence electrons. The Morgan fingerprint density at radius 1 is 1.09 bits per heavy atom. The number of anilines is 1. The van der Waals surface area contributed by atoms with Crippen LogP contribution in [-0.4, -0.2) is 120 Å². The summed E-state index contributed by atoms with van der Waals surface area (Å²) in [7, 11) is -1.49. The van der Waals surface area contributed by atoms with Crippen molar-refractivity contribution in [1.29, 1.82) is 0 Å². The number of rotatable bonds is 10. The van der Waals surface area contributed by atoms with Crippen LogP contribution in [0.3, 0.4) is 0 Å². The normalized spacial score (nSPS) is 26.4. The minimum Gasteiger partial charge on any atom is -0.487 e. The van der Waals surface area contributed by atoms with Gasteiger partial charge in [0, 0.05) is 51.9 Å². The number of nitrogens with zero attached hydrogens (tertiary/aromatic N) is 3. The van der Waals surface area contributed by atoms with Crippen LogP contribution in [0.5, 0.6) is 5.75 Å². The Labute approximate surface area is 338 Å². The van der Waals surface area contributed by atoms with E-state index < -0.39 is 40.0 Å². The molecule has 6 rings (SSSR count). The molecule has 17 heteroatoms. The number of ether oxygens (including phenoxy) is 3. The zero-order valence-electron chi connectivity index (χ0n) is 32.6. The van der Waals surface area contributed by atoms with Crippen LogP contribution in [-0.2, 0) is 47.9 Å². The molecule has 2 amide bonds. The lowest BCUT2D eigenvalue weighted by atomic mass is 9.70. The number of nitrogens with one attached hydrogen (secondary N) is 2. The summed E-state index contributed by atoms with van der Waals surface area (Å²) in [5.41, 5.74) is 0.0750. The number of fused-ring (bicyclic) bond motifs is 3. The fourth-order valence-electron chi connectivity index (χ4n) is 7.95. The number of hydrogen-bond acceptors (Lipinski definition) is 10. The van der Waals surface area contributed by atoms with Crippen molar-refractivity contribution in [2.24, 2.45) is 11.8 Å². The van der Waals surface area contributed by atoms with Crippen LogP contribution in [0.15, 0.2) is 48.6 Å². The lowest BCUT2D eigenvalue weighted by Crippen LogP contribution is -2.57. The van der Waals surface area contributed by atoms with Gasteiger partial charge in [0.05, 0.1) is 44.5 Å². The molecule has 1 aliphatic carbocycles. The molecule has 0 unspecified atom stereocenters. The second-order valence-corrected chi connectivity index (χ2v) is 17.5. The highest BCUT2D eigenvalue weighted by atomic mass is 35.5. The van der Waals surface area contributed by atoms with Crippen molar-refractivity contribution in [2.45, 2.75) is 69.2 Å². The third-order valence-corrected chi connectivity index (χ3v) is 12.7. The molecule has 2 bridgehead atoms. The molecule has 1 saturated heterocycles. The van der Waals surface area contributed by atoms with Crippen molar-refractivity contribution in [3.8, 4) is 5.75 Å². The predicted molar refractivity (Wildman–Crippen MR) is 212 cm³/mol. The molecule has 0 aromatic heterocycles. The standard InChI is InChI=1S/C40H54ClF2N5O8S/c1-46-16-5-4-8-35(55-20-18-47-26-39(42,43)27-47)33-13-10-29(33)24-48-17-6-3-7-28-21-32(41)12-9-30(28)25-56-36-14-11-31(22-34(36)48)40(51,23-37(46)49)38(50)45-57(52,53)44-15-19-54-2/h4,8-9,11-12,14,21-22,29,33,35,44,51H,3,5-7,10,13,15-20,23-27H2,1-2H3,(H,45,50)/b8-4+/t29-,33+,35-,40+/m0/s1. The second-order valence-electron chi connectivity index (χ2n) is 15.6. The van der Waals surface area contributed by atoms with Gasteiger partial charge in [0.15, 0.2) is 5.60 Å². The number of aliphatic hydroxyl groups is 1. The molecule has 0 radical (unpaired) electrons. The van der Waals surface area contributed by atoms with Gasteiger partial charge in [-0.15, -0.1) is 0 Å². The van der Waals surface area contributed by atoms with Gasteiger partial charge < -0.3 is 29.1 Å². The topological polar surface area (TPSA) is 150 Å². The highest BCUT2D eigenvalue weighted by Gasteiger charge is 2.45. The Kier molecular flexibility index (Phi) is 14.2. The molecule has 3 heterocycles. The van der Waals surface area contributed by atoms with Crippen LogP contribution < -0.4 is 19.1 Å². The number of amides is 2. The summed E-state index contributed by atoms with van der Waals surface area (Å²) in [5, 5.41) is 13.0. The van der Waals surface area contributed by atoms with Crippen molar-refractivity contribution in [3.63, 3.8) is 0 Å². The molecule has 4 aliphatic rings. The molecule has 2 aromatic rings. The minimum absolute atomic E-state index is 0.0261. The SMILES string of the molecule is COCCNS(=O)(=O)NC(=O)[C@@]1(O)CC(=O)N(C)CC/C=C/[C@H](OCCN2CC(F)(F)C2)[C@@H]2CC[C@H]2CN2CCCCc3cc(Cl)ccc3COc3ccc1cc32. The lowest BCUT2D eigenvalue weighted by Gasteiger charge is -2.44. The van der Waals surface area contributed by atoms with E-state index in [1.165, 1.54) is 18.1 Å². The molecule has 4 atom stereocenters.